The first-order valence-corrected chi connectivity index (χ1v) is 4.60. The van der Waals surface area contributed by atoms with E-state index in [2.05, 4.69) is 5.10 Å². The van der Waals surface area contributed by atoms with Crippen molar-refractivity contribution in [2.24, 2.45) is 0 Å². The quantitative estimate of drug-likeness (QED) is 0.745. The molecule has 0 bridgehead atoms. The van der Waals surface area contributed by atoms with E-state index in [0.717, 1.165) is 0 Å². The van der Waals surface area contributed by atoms with Crippen LogP contribution in [-0.2, 0) is 0 Å². The molecule has 2 rings (SSSR count). The number of nitrogens with two attached hydrogens (primary N) is 1. The molecule has 74 valence electrons. The van der Waals surface area contributed by atoms with Gasteiger partial charge in [-0.2, -0.15) is 10.4 Å². The van der Waals surface area contributed by atoms with Gasteiger partial charge in [-0.15, -0.1) is 0 Å². The van der Waals surface area contributed by atoms with Gasteiger partial charge in [0.25, 0.3) is 0 Å². The molecule has 0 spiro atoms. The number of nitrogens with zero attached hydrogens (tertiary/aromatic N) is 3. The zero-order valence-electron chi connectivity index (χ0n) is 7.68. The highest BCUT2D eigenvalue weighted by Crippen LogP contribution is 2.22. The molecule has 0 fully saturated rings. The maximum absolute atomic E-state index is 8.73. The van der Waals surface area contributed by atoms with Gasteiger partial charge in [0.2, 0.25) is 0 Å². The Bertz CT molecular complexity index is 539. The maximum Gasteiger partial charge on any atom is 0.150 e. The van der Waals surface area contributed by atoms with Crippen molar-refractivity contribution in [3.05, 3.63) is 41.2 Å². The second-order valence-electron chi connectivity index (χ2n) is 2.93. The van der Waals surface area contributed by atoms with Gasteiger partial charge in [-0.1, -0.05) is 23.7 Å². The first-order chi connectivity index (χ1) is 7.24. The van der Waals surface area contributed by atoms with Gasteiger partial charge >= 0.3 is 0 Å². The molecule has 2 N–H and O–H groups in total. The van der Waals surface area contributed by atoms with Crippen LogP contribution < -0.4 is 5.73 Å². The maximum atomic E-state index is 8.73. The van der Waals surface area contributed by atoms with Gasteiger partial charge in [0.05, 0.1) is 17.6 Å². The number of nitriles is 1. The Morgan fingerprint density at radius 1 is 1.40 bits per heavy atom. The Morgan fingerprint density at radius 3 is 2.73 bits per heavy atom. The molecule has 0 atom stereocenters. The molecule has 0 amide bonds. The predicted molar refractivity (Wildman–Crippen MR) is 57.7 cm³/mol. The van der Waals surface area contributed by atoms with Gasteiger partial charge in [0.1, 0.15) is 11.6 Å². The summed E-state index contributed by atoms with van der Waals surface area (Å²) in [6.07, 6.45) is 1.41. The first kappa shape index (κ1) is 9.56. The van der Waals surface area contributed by atoms with Gasteiger partial charge in [-0.25, -0.2) is 4.68 Å². The second-order valence-corrected chi connectivity index (χ2v) is 3.29. The third-order valence-electron chi connectivity index (χ3n) is 2.00. The molecule has 15 heavy (non-hydrogen) atoms. The molecule has 2 aromatic rings. The molecular weight excluding hydrogens is 212 g/mol. The highest BCUT2D eigenvalue weighted by Gasteiger charge is 2.10. The van der Waals surface area contributed by atoms with Crippen molar-refractivity contribution in [2.45, 2.75) is 0 Å². The lowest BCUT2D eigenvalue weighted by Crippen LogP contribution is -2.00. The van der Waals surface area contributed by atoms with E-state index in [9.17, 15) is 0 Å². The number of nitrogen functional groups attached to an aromatic ring is 1. The summed E-state index contributed by atoms with van der Waals surface area (Å²) in [4.78, 5) is 0. The van der Waals surface area contributed by atoms with Crippen LogP contribution in [0.5, 0.6) is 0 Å². The van der Waals surface area contributed by atoms with Gasteiger partial charge < -0.3 is 5.73 Å². The van der Waals surface area contributed by atoms with Crippen LogP contribution in [0.25, 0.3) is 5.69 Å². The molecule has 0 saturated heterocycles. The van der Waals surface area contributed by atoms with Crippen LogP contribution in [0.2, 0.25) is 5.15 Å². The van der Waals surface area contributed by atoms with E-state index in [1.54, 1.807) is 12.1 Å². The molecule has 5 heteroatoms. The number of hydrogen-bond donors (Lipinski definition) is 1. The fourth-order valence-corrected chi connectivity index (χ4v) is 1.48. The number of para-hydroxylation sites is 2. The van der Waals surface area contributed by atoms with E-state index >= 15 is 0 Å². The number of aromatic nitrogens is 2. The first-order valence-electron chi connectivity index (χ1n) is 4.22. The van der Waals surface area contributed by atoms with Crippen molar-refractivity contribution in [3.63, 3.8) is 0 Å². The third kappa shape index (κ3) is 1.53. The summed E-state index contributed by atoms with van der Waals surface area (Å²) in [6.45, 7) is 0. The number of benzene rings is 1. The average molecular weight is 219 g/mol. The van der Waals surface area contributed by atoms with E-state index in [-0.39, 0.29) is 5.15 Å². The van der Waals surface area contributed by atoms with Gasteiger partial charge in [-0.05, 0) is 12.1 Å². The SMILES string of the molecule is N#Cc1cnn(-c2ccccc2N)c1Cl. The lowest BCUT2D eigenvalue weighted by molar-refractivity contribution is 0.883. The Hall–Kier alpha value is -1.99. The number of rotatable bonds is 1. The van der Waals surface area contributed by atoms with E-state index in [0.29, 0.717) is 16.9 Å². The Kier molecular flexibility index (Phi) is 2.32. The van der Waals surface area contributed by atoms with E-state index in [4.69, 9.17) is 22.6 Å². The Morgan fingerprint density at radius 2 is 2.13 bits per heavy atom. The fraction of sp³-hybridized carbons (Fsp3) is 0. The second kappa shape index (κ2) is 3.64. The topological polar surface area (TPSA) is 67.6 Å². The molecule has 0 aliphatic rings. The van der Waals surface area contributed by atoms with Crippen LogP contribution in [0, 0.1) is 11.3 Å². The molecule has 0 aliphatic heterocycles. The summed E-state index contributed by atoms with van der Waals surface area (Å²) in [5, 5.41) is 13.0. The van der Waals surface area contributed by atoms with E-state index < -0.39 is 0 Å². The summed E-state index contributed by atoms with van der Waals surface area (Å²) < 4.78 is 1.44. The van der Waals surface area contributed by atoms with Crippen molar-refractivity contribution in [1.82, 2.24) is 9.78 Å². The summed E-state index contributed by atoms with van der Waals surface area (Å²) in [7, 11) is 0. The molecule has 0 unspecified atom stereocenters. The largest absolute Gasteiger partial charge is 0.397 e. The standard InChI is InChI=1S/C10H7ClN4/c11-10-7(5-12)6-14-15(10)9-4-2-1-3-8(9)13/h1-4,6H,13H2. The van der Waals surface area contributed by atoms with Crippen LogP contribution in [0.1, 0.15) is 5.56 Å². The van der Waals surface area contributed by atoms with Crippen LogP contribution in [0.4, 0.5) is 5.69 Å². The van der Waals surface area contributed by atoms with Crippen LogP contribution in [0.15, 0.2) is 30.5 Å². The third-order valence-corrected chi connectivity index (χ3v) is 2.36. The smallest absolute Gasteiger partial charge is 0.150 e. The summed E-state index contributed by atoms with van der Waals surface area (Å²) in [5.74, 6) is 0. The minimum absolute atomic E-state index is 0.274. The number of hydrogen-bond acceptors (Lipinski definition) is 3. The number of halogens is 1. The minimum atomic E-state index is 0.274. The Labute approximate surface area is 91.5 Å². The molecule has 0 radical (unpaired) electrons. The normalized spacial score (nSPS) is 9.87. The van der Waals surface area contributed by atoms with Crippen LogP contribution >= 0.6 is 11.6 Å². The molecule has 0 saturated carbocycles. The molecule has 4 nitrogen and oxygen atoms in total. The van der Waals surface area contributed by atoms with Crippen molar-refractivity contribution < 1.29 is 0 Å². The fourth-order valence-electron chi connectivity index (χ4n) is 1.26. The Balaban J connectivity index is 2.61. The highest BCUT2D eigenvalue weighted by molar-refractivity contribution is 6.31. The molecule has 1 aromatic carbocycles. The van der Waals surface area contributed by atoms with Crippen molar-refractivity contribution in [1.29, 1.82) is 5.26 Å². The molecule has 1 heterocycles. The van der Waals surface area contributed by atoms with Gasteiger partial charge in [0, 0.05) is 0 Å². The molecule has 0 aliphatic carbocycles. The lowest BCUT2D eigenvalue weighted by atomic mass is 10.3. The monoisotopic (exact) mass is 218 g/mol. The number of anilines is 1. The van der Waals surface area contributed by atoms with Crippen molar-refractivity contribution in [3.8, 4) is 11.8 Å². The minimum Gasteiger partial charge on any atom is -0.397 e. The van der Waals surface area contributed by atoms with Crippen molar-refractivity contribution in [2.75, 3.05) is 5.73 Å². The average Bonchev–Trinajstić information content (AvgIpc) is 2.60. The zero-order chi connectivity index (χ0) is 10.8. The van der Waals surface area contributed by atoms with E-state index in [1.807, 2.05) is 18.2 Å². The molecular formula is C10H7ClN4. The van der Waals surface area contributed by atoms with E-state index in [1.165, 1.54) is 10.9 Å². The summed E-state index contributed by atoms with van der Waals surface area (Å²) in [6, 6.07) is 9.14. The van der Waals surface area contributed by atoms with Gasteiger partial charge in [-0.3, -0.25) is 0 Å². The zero-order valence-corrected chi connectivity index (χ0v) is 8.44. The van der Waals surface area contributed by atoms with Crippen LogP contribution in [0.3, 0.4) is 0 Å². The van der Waals surface area contributed by atoms with Crippen molar-refractivity contribution >= 4 is 17.3 Å². The van der Waals surface area contributed by atoms with Gasteiger partial charge in [0.15, 0.2) is 5.15 Å². The highest BCUT2D eigenvalue weighted by atomic mass is 35.5. The van der Waals surface area contributed by atoms with Crippen LogP contribution in [-0.4, -0.2) is 9.78 Å². The molecule has 1 aromatic heterocycles. The predicted octanol–water partition coefficient (Wildman–Crippen LogP) is 1.98. The summed E-state index contributed by atoms with van der Waals surface area (Å²) >= 11 is 5.95. The summed E-state index contributed by atoms with van der Waals surface area (Å²) in [5.41, 5.74) is 7.34. The lowest BCUT2D eigenvalue weighted by Gasteiger charge is -2.05.